The Morgan fingerprint density at radius 2 is 2.19 bits per heavy atom. The van der Waals surface area contributed by atoms with Gasteiger partial charge in [-0.3, -0.25) is 0 Å². The lowest BCUT2D eigenvalue weighted by Gasteiger charge is -2.40. The van der Waals surface area contributed by atoms with Crippen molar-refractivity contribution >= 4 is 17.3 Å². The summed E-state index contributed by atoms with van der Waals surface area (Å²) in [5.74, 6) is 1.11. The third-order valence-electron chi connectivity index (χ3n) is 3.25. The molecule has 0 bridgehead atoms. The minimum Gasteiger partial charge on any atom is -0.396 e. The quantitative estimate of drug-likeness (QED) is 0.713. The van der Waals surface area contributed by atoms with E-state index in [1.807, 2.05) is 6.07 Å². The van der Waals surface area contributed by atoms with Crippen LogP contribution in [0.4, 0.5) is 17.3 Å². The third-order valence-corrected chi connectivity index (χ3v) is 3.25. The fraction of sp³-hybridized carbons (Fsp3) is 0.545. The molecule has 0 radical (unpaired) electrons. The van der Waals surface area contributed by atoms with Crippen molar-refractivity contribution in [2.45, 2.75) is 24.9 Å². The van der Waals surface area contributed by atoms with Gasteiger partial charge in [0.25, 0.3) is 0 Å². The van der Waals surface area contributed by atoms with Crippen molar-refractivity contribution < 1.29 is 4.74 Å². The number of ether oxygens (including phenoxy) is 1. The molecule has 0 unspecified atom stereocenters. The zero-order valence-corrected chi connectivity index (χ0v) is 9.49. The standard InChI is InChI=1S/C11H18N4O/c1-16-11(5-2-6-11)7-14-9-4-3-8(12)10(13)15-9/h3-4H,2,5-7,12H2,1H3,(H3,13,14,15). The first kappa shape index (κ1) is 11.0. The fourth-order valence-electron chi connectivity index (χ4n) is 1.86. The van der Waals surface area contributed by atoms with E-state index in [1.165, 1.54) is 6.42 Å². The molecule has 0 saturated heterocycles. The highest BCUT2D eigenvalue weighted by Crippen LogP contribution is 2.35. The van der Waals surface area contributed by atoms with E-state index in [0.29, 0.717) is 11.5 Å². The molecule has 5 nitrogen and oxygen atoms in total. The van der Waals surface area contributed by atoms with Crippen molar-refractivity contribution in [1.82, 2.24) is 4.98 Å². The molecule has 1 saturated carbocycles. The number of rotatable bonds is 4. The maximum Gasteiger partial charge on any atom is 0.149 e. The van der Waals surface area contributed by atoms with Crippen LogP contribution in [-0.2, 0) is 4.74 Å². The number of anilines is 3. The number of nitrogen functional groups attached to an aromatic ring is 2. The van der Waals surface area contributed by atoms with Crippen LogP contribution in [0.5, 0.6) is 0 Å². The Hall–Kier alpha value is -1.49. The fourth-order valence-corrected chi connectivity index (χ4v) is 1.86. The topological polar surface area (TPSA) is 86.2 Å². The van der Waals surface area contributed by atoms with Gasteiger partial charge in [-0.1, -0.05) is 0 Å². The number of nitrogens with two attached hydrogens (primary N) is 2. The normalized spacial score (nSPS) is 17.8. The molecule has 1 aliphatic rings. The summed E-state index contributed by atoms with van der Waals surface area (Å²) in [5.41, 5.74) is 11.7. The molecule has 1 aliphatic carbocycles. The molecule has 5 heteroatoms. The highest BCUT2D eigenvalue weighted by molar-refractivity contribution is 5.61. The van der Waals surface area contributed by atoms with Crippen molar-refractivity contribution in [3.63, 3.8) is 0 Å². The van der Waals surface area contributed by atoms with Gasteiger partial charge in [0, 0.05) is 13.7 Å². The summed E-state index contributed by atoms with van der Waals surface area (Å²) in [5, 5.41) is 3.23. The summed E-state index contributed by atoms with van der Waals surface area (Å²) < 4.78 is 5.50. The van der Waals surface area contributed by atoms with Gasteiger partial charge >= 0.3 is 0 Å². The van der Waals surface area contributed by atoms with Gasteiger partial charge in [-0.15, -0.1) is 0 Å². The number of nitrogens with zero attached hydrogens (tertiary/aromatic N) is 1. The third kappa shape index (κ3) is 2.04. The summed E-state index contributed by atoms with van der Waals surface area (Å²) in [6.45, 7) is 0.764. The minimum atomic E-state index is -0.0160. The van der Waals surface area contributed by atoms with Crippen molar-refractivity contribution in [2.75, 3.05) is 30.4 Å². The second-order valence-corrected chi connectivity index (χ2v) is 4.27. The number of aromatic nitrogens is 1. The highest BCUT2D eigenvalue weighted by Gasteiger charge is 2.36. The van der Waals surface area contributed by atoms with Gasteiger partial charge < -0.3 is 21.5 Å². The number of hydrogen-bond donors (Lipinski definition) is 3. The molecule has 1 fully saturated rings. The van der Waals surface area contributed by atoms with Crippen molar-refractivity contribution in [1.29, 1.82) is 0 Å². The van der Waals surface area contributed by atoms with Crippen LogP contribution >= 0.6 is 0 Å². The molecule has 5 N–H and O–H groups in total. The van der Waals surface area contributed by atoms with E-state index in [1.54, 1.807) is 13.2 Å². The van der Waals surface area contributed by atoms with Crippen LogP contribution < -0.4 is 16.8 Å². The second-order valence-electron chi connectivity index (χ2n) is 4.27. The number of pyridine rings is 1. The maximum absolute atomic E-state index is 5.63. The monoisotopic (exact) mass is 222 g/mol. The Bertz CT molecular complexity index is 371. The molecule has 0 amide bonds. The second kappa shape index (κ2) is 4.17. The van der Waals surface area contributed by atoms with Crippen LogP contribution in [0.3, 0.4) is 0 Å². The van der Waals surface area contributed by atoms with E-state index in [2.05, 4.69) is 10.3 Å². The lowest BCUT2D eigenvalue weighted by Crippen LogP contribution is -2.45. The molecule has 0 aliphatic heterocycles. The lowest BCUT2D eigenvalue weighted by molar-refractivity contribution is -0.0601. The van der Waals surface area contributed by atoms with Crippen LogP contribution in [0.1, 0.15) is 19.3 Å². The first-order valence-electron chi connectivity index (χ1n) is 5.46. The Balaban J connectivity index is 1.96. The van der Waals surface area contributed by atoms with Crippen LogP contribution in [0.15, 0.2) is 12.1 Å². The van der Waals surface area contributed by atoms with Gasteiger partial charge in [0.2, 0.25) is 0 Å². The summed E-state index contributed by atoms with van der Waals surface area (Å²) >= 11 is 0. The number of methoxy groups -OCH3 is 1. The molecule has 0 atom stereocenters. The van der Waals surface area contributed by atoms with Crippen LogP contribution in [0.2, 0.25) is 0 Å². The Morgan fingerprint density at radius 3 is 2.69 bits per heavy atom. The SMILES string of the molecule is COC1(CNc2ccc(N)c(N)n2)CCC1. The Labute approximate surface area is 95.2 Å². The molecule has 0 spiro atoms. The van der Waals surface area contributed by atoms with Crippen LogP contribution in [0.25, 0.3) is 0 Å². The van der Waals surface area contributed by atoms with Crippen LogP contribution in [0, 0.1) is 0 Å². The zero-order chi connectivity index (χ0) is 11.6. The van der Waals surface area contributed by atoms with E-state index in [0.717, 1.165) is 25.2 Å². The number of hydrogen-bond acceptors (Lipinski definition) is 5. The molecule has 1 heterocycles. The Morgan fingerprint density at radius 1 is 1.44 bits per heavy atom. The molecule has 0 aromatic carbocycles. The summed E-state index contributed by atoms with van der Waals surface area (Å²) in [4.78, 5) is 4.15. The predicted octanol–water partition coefficient (Wildman–Crippen LogP) is 1.23. The maximum atomic E-state index is 5.63. The molecule has 1 aromatic rings. The molecule has 88 valence electrons. The molecule has 2 rings (SSSR count). The Kier molecular flexibility index (Phi) is 2.87. The first-order chi connectivity index (χ1) is 7.65. The first-order valence-corrected chi connectivity index (χ1v) is 5.46. The van der Waals surface area contributed by atoms with Gasteiger partial charge in [0.05, 0.1) is 11.3 Å². The van der Waals surface area contributed by atoms with Gasteiger partial charge in [0.1, 0.15) is 11.6 Å². The van der Waals surface area contributed by atoms with E-state index in [9.17, 15) is 0 Å². The average Bonchev–Trinajstić information content (AvgIpc) is 2.22. The van der Waals surface area contributed by atoms with Crippen LogP contribution in [-0.4, -0.2) is 24.2 Å². The average molecular weight is 222 g/mol. The smallest absolute Gasteiger partial charge is 0.149 e. The lowest BCUT2D eigenvalue weighted by atomic mass is 9.80. The van der Waals surface area contributed by atoms with Crippen molar-refractivity contribution in [3.05, 3.63) is 12.1 Å². The van der Waals surface area contributed by atoms with Crippen molar-refractivity contribution in [3.8, 4) is 0 Å². The minimum absolute atomic E-state index is 0.0160. The summed E-state index contributed by atoms with van der Waals surface area (Å²) in [6.07, 6.45) is 3.43. The van der Waals surface area contributed by atoms with Gasteiger partial charge in [-0.2, -0.15) is 0 Å². The van der Waals surface area contributed by atoms with Gasteiger partial charge in [-0.05, 0) is 31.4 Å². The molecular weight excluding hydrogens is 204 g/mol. The molecule has 16 heavy (non-hydrogen) atoms. The predicted molar refractivity (Wildman–Crippen MR) is 65.1 cm³/mol. The number of nitrogens with one attached hydrogen (secondary N) is 1. The van der Waals surface area contributed by atoms with Crippen molar-refractivity contribution in [2.24, 2.45) is 0 Å². The zero-order valence-electron chi connectivity index (χ0n) is 9.49. The summed E-state index contributed by atoms with van der Waals surface area (Å²) in [7, 11) is 1.76. The highest BCUT2D eigenvalue weighted by atomic mass is 16.5. The summed E-state index contributed by atoms with van der Waals surface area (Å²) in [6, 6.07) is 3.58. The van der Waals surface area contributed by atoms with Gasteiger partial charge in [0.15, 0.2) is 0 Å². The largest absolute Gasteiger partial charge is 0.396 e. The van der Waals surface area contributed by atoms with E-state index in [4.69, 9.17) is 16.2 Å². The molecule has 1 aromatic heterocycles. The van der Waals surface area contributed by atoms with E-state index >= 15 is 0 Å². The molecular formula is C11H18N4O. The van der Waals surface area contributed by atoms with E-state index < -0.39 is 0 Å². The van der Waals surface area contributed by atoms with Gasteiger partial charge in [-0.25, -0.2) is 4.98 Å². The van der Waals surface area contributed by atoms with E-state index in [-0.39, 0.29) is 5.60 Å².